The Bertz CT molecular complexity index is 1380. The van der Waals surface area contributed by atoms with Crippen LogP contribution in [0.3, 0.4) is 0 Å². The van der Waals surface area contributed by atoms with Crippen molar-refractivity contribution in [2.75, 3.05) is 21.3 Å². The van der Waals surface area contributed by atoms with E-state index < -0.39 is 76.5 Å². The van der Waals surface area contributed by atoms with Crippen molar-refractivity contribution >= 4 is 35.4 Å². The Kier molecular flexibility index (Phi) is 6.32. The minimum absolute atomic E-state index is 0.00770. The summed E-state index contributed by atoms with van der Waals surface area (Å²) < 4.78 is 10.1. The number of nitrogens with zero attached hydrogens (tertiary/aromatic N) is 1. The van der Waals surface area contributed by atoms with E-state index in [0.717, 1.165) is 4.90 Å². The van der Waals surface area contributed by atoms with E-state index in [-0.39, 0.29) is 12.0 Å². The van der Waals surface area contributed by atoms with Crippen LogP contribution in [0.2, 0.25) is 0 Å². The van der Waals surface area contributed by atoms with Crippen LogP contribution in [-0.4, -0.2) is 67.1 Å². The molecule has 7 atom stereocenters. The van der Waals surface area contributed by atoms with E-state index in [4.69, 9.17) is 9.47 Å². The number of ketones is 1. The molecule has 39 heavy (non-hydrogen) atoms. The second-order valence-corrected chi connectivity index (χ2v) is 10.8. The number of Topliss-reactive ketones (excluding diaryl/α,β-unsaturated/α-hetero) is 1. The number of hydrogen-bond donors (Lipinski definition) is 1. The van der Waals surface area contributed by atoms with E-state index >= 15 is 0 Å². The van der Waals surface area contributed by atoms with Crippen molar-refractivity contribution in [2.24, 2.45) is 35.5 Å². The average Bonchev–Trinajstić information content (AvgIpc) is 3.20. The predicted molar refractivity (Wildman–Crippen MR) is 135 cm³/mol. The van der Waals surface area contributed by atoms with Crippen molar-refractivity contribution in [1.29, 1.82) is 0 Å². The lowest BCUT2D eigenvalue weighted by atomic mass is 9.62. The molecule has 3 amide bonds. The SMILES string of the molecule is COC(=O)C1=C[C@@H](C(=O)OC)C2C3=C(C(=O)[C@@]2(C)NC(=O)c2ccccc2)[C@H](C)[C@@H]2C(=O)N(C)C(=O)[C@@H]2[C@@H]3C1. The summed E-state index contributed by atoms with van der Waals surface area (Å²) in [7, 11) is 3.83. The molecular formula is C29H30N2O8. The van der Waals surface area contributed by atoms with Gasteiger partial charge in [-0.1, -0.05) is 36.8 Å². The molecule has 1 aliphatic heterocycles. The van der Waals surface area contributed by atoms with Gasteiger partial charge in [0.2, 0.25) is 11.8 Å². The van der Waals surface area contributed by atoms with Crippen molar-refractivity contribution in [3.63, 3.8) is 0 Å². The Morgan fingerprint density at radius 2 is 1.64 bits per heavy atom. The molecule has 1 saturated heterocycles. The highest BCUT2D eigenvalue weighted by Gasteiger charge is 2.66. The van der Waals surface area contributed by atoms with Crippen molar-refractivity contribution in [3.05, 3.63) is 58.7 Å². The molecule has 1 unspecified atom stereocenters. The lowest BCUT2D eigenvalue weighted by molar-refractivity contribution is -0.146. The fraction of sp³-hybridized carbons (Fsp3) is 0.448. The number of esters is 2. The van der Waals surface area contributed by atoms with Crippen LogP contribution >= 0.6 is 0 Å². The average molecular weight is 535 g/mol. The first-order valence-corrected chi connectivity index (χ1v) is 12.8. The lowest BCUT2D eigenvalue weighted by Gasteiger charge is -2.39. The molecule has 3 aliphatic carbocycles. The van der Waals surface area contributed by atoms with Crippen LogP contribution < -0.4 is 5.32 Å². The van der Waals surface area contributed by atoms with Crippen LogP contribution in [0.25, 0.3) is 0 Å². The third kappa shape index (κ3) is 3.68. The highest BCUT2D eigenvalue weighted by atomic mass is 16.5. The van der Waals surface area contributed by atoms with Crippen LogP contribution in [0.4, 0.5) is 0 Å². The van der Waals surface area contributed by atoms with Gasteiger partial charge in [0.05, 0.1) is 32.0 Å². The standard InChI is InChI=1S/C29H30N2O8/c1-13-18-20-16(21-19(13)25(34)31(3)26(21)35)11-15(27(36)38-4)12-17(28(37)39-5)22(20)29(2,23(18)32)30-24(33)14-9-7-6-8-10-14/h6-10,12-13,16-17,19,21-22H,11H2,1-5H3,(H,30,33)/t13-,16+,17+,19-,21+,22?,29-/m0/s1. The Morgan fingerprint density at radius 1 is 1.00 bits per heavy atom. The van der Waals surface area contributed by atoms with Crippen LogP contribution in [0, 0.1) is 35.5 Å². The Morgan fingerprint density at radius 3 is 2.26 bits per heavy atom. The third-order valence-electron chi connectivity index (χ3n) is 8.94. The molecule has 0 bridgehead atoms. The molecule has 1 fully saturated rings. The van der Waals surface area contributed by atoms with Gasteiger partial charge in [0.1, 0.15) is 5.54 Å². The summed E-state index contributed by atoms with van der Waals surface area (Å²) in [5, 5.41) is 2.88. The number of methoxy groups -OCH3 is 2. The number of amides is 3. The number of benzene rings is 1. The van der Waals surface area contributed by atoms with E-state index in [1.165, 1.54) is 27.3 Å². The number of hydrogen-bond acceptors (Lipinski definition) is 8. The first-order valence-electron chi connectivity index (χ1n) is 12.8. The molecule has 10 heteroatoms. The molecule has 0 radical (unpaired) electrons. The molecule has 10 nitrogen and oxygen atoms in total. The number of carbonyl (C=O) groups is 6. The quantitative estimate of drug-likeness (QED) is 0.453. The smallest absolute Gasteiger partial charge is 0.333 e. The van der Waals surface area contributed by atoms with Gasteiger partial charge in [0.25, 0.3) is 5.91 Å². The van der Waals surface area contributed by atoms with E-state index in [2.05, 4.69) is 5.32 Å². The first-order chi connectivity index (χ1) is 18.5. The van der Waals surface area contributed by atoms with Crippen LogP contribution in [0.15, 0.2) is 53.1 Å². The monoisotopic (exact) mass is 534 g/mol. The topological polar surface area (TPSA) is 136 Å². The van der Waals surface area contributed by atoms with Crippen molar-refractivity contribution in [3.8, 4) is 0 Å². The zero-order valence-corrected chi connectivity index (χ0v) is 22.3. The first kappa shape index (κ1) is 26.5. The summed E-state index contributed by atoms with van der Waals surface area (Å²) in [6.45, 7) is 3.29. The van der Waals surface area contributed by atoms with Crippen LogP contribution in [0.1, 0.15) is 30.6 Å². The van der Waals surface area contributed by atoms with E-state index in [9.17, 15) is 28.8 Å². The zero-order chi connectivity index (χ0) is 28.4. The van der Waals surface area contributed by atoms with E-state index in [1.54, 1.807) is 44.2 Å². The van der Waals surface area contributed by atoms with E-state index in [0.29, 0.717) is 16.7 Å². The maximum Gasteiger partial charge on any atom is 0.333 e. The predicted octanol–water partition coefficient (Wildman–Crippen LogP) is 1.46. The minimum Gasteiger partial charge on any atom is -0.469 e. The summed E-state index contributed by atoms with van der Waals surface area (Å²) in [5.74, 6) is -8.23. The summed E-state index contributed by atoms with van der Waals surface area (Å²) >= 11 is 0. The highest BCUT2D eigenvalue weighted by Crippen LogP contribution is 2.60. The molecule has 1 N–H and O–H groups in total. The number of carbonyl (C=O) groups excluding carboxylic acids is 6. The maximum atomic E-state index is 14.3. The third-order valence-corrected chi connectivity index (χ3v) is 8.94. The summed E-state index contributed by atoms with van der Waals surface area (Å²) in [6, 6.07) is 8.35. The highest BCUT2D eigenvalue weighted by molar-refractivity contribution is 6.14. The number of likely N-dealkylation sites (tertiary alicyclic amines) is 1. The molecule has 0 spiro atoms. The van der Waals surface area contributed by atoms with Gasteiger partial charge in [0, 0.05) is 29.7 Å². The largest absolute Gasteiger partial charge is 0.469 e. The molecule has 5 rings (SSSR count). The van der Waals surface area contributed by atoms with Gasteiger partial charge in [0.15, 0.2) is 5.78 Å². The molecule has 1 heterocycles. The van der Waals surface area contributed by atoms with Crippen molar-refractivity contribution in [1.82, 2.24) is 10.2 Å². The van der Waals surface area contributed by atoms with Crippen LogP contribution in [-0.2, 0) is 33.4 Å². The van der Waals surface area contributed by atoms with Gasteiger partial charge >= 0.3 is 11.9 Å². The summed E-state index contributed by atoms with van der Waals surface area (Å²) in [4.78, 5) is 81.6. The normalized spacial score (nSPS) is 33.2. The van der Waals surface area contributed by atoms with Gasteiger partial charge in [-0.15, -0.1) is 0 Å². The van der Waals surface area contributed by atoms with Gasteiger partial charge < -0.3 is 14.8 Å². The fourth-order valence-electron chi connectivity index (χ4n) is 7.18. The fourth-order valence-corrected chi connectivity index (χ4v) is 7.18. The number of ether oxygens (including phenoxy) is 2. The van der Waals surface area contributed by atoms with Gasteiger partial charge in [-0.2, -0.15) is 0 Å². The minimum atomic E-state index is -1.62. The van der Waals surface area contributed by atoms with Crippen LogP contribution in [0.5, 0.6) is 0 Å². The summed E-state index contributed by atoms with van der Waals surface area (Å²) in [6.07, 6.45) is 1.42. The molecule has 0 saturated carbocycles. The Hall–Kier alpha value is -4.08. The van der Waals surface area contributed by atoms with Gasteiger partial charge in [-0.05, 0) is 37.3 Å². The molecule has 1 aromatic rings. The molecule has 4 aliphatic rings. The number of rotatable bonds is 4. The maximum absolute atomic E-state index is 14.3. The van der Waals surface area contributed by atoms with E-state index in [1.807, 2.05) is 0 Å². The zero-order valence-electron chi connectivity index (χ0n) is 22.3. The number of fused-ring (bicyclic) bond motifs is 2. The number of nitrogens with one attached hydrogen (secondary N) is 1. The van der Waals surface area contributed by atoms with Gasteiger partial charge in [-0.3, -0.25) is 28.9 Å². The van der Waals surface area contributed by atoms with Gasteiger partial charge in [-0.25, -0.2) is 4.79 Å². The van der Waals surface area contributed by atoms with Crippen molar-refractivity contribution in [2.45, 2.75) is 25.8 Å². The molecule has 0 aromatic heterocycles. The molecule has 204 valence electrons. The second kappa shape index (κ2) is 9.29. The lowest BCUT2D eigenvalue weighted by Crippen LogP contribution is -2.57. The molecular weight excluding hydrogens is 504 g/mol. The molecule has 1 aromatic carbocycles. The Labute approximate surface area is 225 Å². The van der Waals surface area contributed by atoms with Crippen molar-refractivity contribution < 1.29 is 38.2 Å². The summed E-state index contributed by atoms with van der Waals surface area (Å²) in [5.41, 5.74) is -0.314. The Balaban J connectivity index is 1.74. The number of imide groups is 1. The second-order valence-electron chi connectivity index (χ2n) is 10.8.